The number of benzene rings is 4. The highest BCUT2D eigenvalue weighted by atomic mass is 17.1. The van der Waals surface area contributed by atoms with Crippen molar-refractivity contribution in [3.63, 3.8) is 0 Å². The summed E-state index contributed by atoms with van der Waals surface area (Å²) in [7, 11) is 0. The number of carbonyl (C=O) groups excluding carboxylic acids is 1. The average Bonchev–Trinajstić information content (AvgIpc) is 3.01. The number of hydrogen-bond donors (Lipinski definition) is 2. The highest BCUT2D eigenvalue weighted by molar-refractivity contribution is 5.72. The number of para-hydroxylation sites is 1. The smallest absolute Gasteiger partial charge is 0.508 e. The lowest BCUT2D eigenvalue weighted by atomic mass is 9.99. The van der Waals surface area contributed by atoms with Crippen molar-refractivity contribution in [2.45, 2.75) is 60.0 Å². The second kappa shape index (κ2) is 29.6. The van der Waals surface area contributed by atoms with Crippen LogP contribution >= 0.6 is 0 Å². The second-order valence-electron chi connectivity index (χ2n) is 9.34. The van der Waals surface area contributed by atoms with Gasteiger partial charge in [-0.3, -0.25) is 5.26 Å². The average molecular weight is 578 g/mol. The van der Waals surface area contributed by atoms with Crippen LogP contribution in [0.2, 0.25) is 0 Å². The molecule has 0 amide bonds. The Labute approximate surface area is 254 Å². The van der Waals surface area contributed by atoms with Crippen molar-refractivity contribution >= 4 is 5.78 Å². The lowest BCUT2D eigenvalue weighted by molar-refractivity contribution is -0.318. The van der Waals surface area contributed by atoms with Crippen molar-refractivity contribution in [1.29, 1.82) is 0 Å². The van der Waals surface area contributed by atoms with Crippen molar-refractivity contribution in [2.75, 3.05) is 0 Å². The van der Waals surface area contributed by atoms with E-state index in [2.05, 4.69) is 49.6 Å². The van der Waals surface area contributed by atoms with Crippen LogP contribution in [-0.4, -0.2) is 16.1 Å². The summed E-state index contributed by atoms with van der Waals surface area (Å²) >= 11 is 0. The van der Waals surface area contributed by atoms with Crippen LogP contribution < -0.4 is 0 Å². The molecule has 0 aliphatic carbocycles. The Hall–Kier alpha value is -4.39. The van der Waals surface area contributed by atoms with E-state index in [0.717, 1.165) is 5.56 Å². The van der Waals surface area contributed by atoms with Crippen LogP contribution in [0, 0.1) is 9.93 Å². The van der Waals surface area contributed by atoms with Gasteiger partial charge in [-0.05, 0) is 63.8 Å². The second-order valence-corrected chi connectivity index (χ2v) is 9.34. The fourth-order valence-corrected chi connectivity index (χ4v) is 2.54. The van der Waals surface area contributed by atoms with E-state index in [0.29, 0.717) is 11.7 Å². The highest BCUT2D eigenvalue weighted by Gasteiger charge is 2.20. The van der Waals surface area contributed by atoms with Gasteiger partial charge in [0.05, 0.1) is 0 Å². The number of allylic oxidation sites excluding steroid dienone is 1. The number of aromatic hydroxyl groups is 1. The van der Waals surface area contributed by atoms with Gasteiger partial charge in [-0.25, -0.2) is 4.89 Å². The first-order valence-corrected chi connectivity index (χ1v) is 13.4. The molecule has 228 valence electrons. The van der Waals surface area contributed by atoms with Crippen LogP contribution in [0.15, 0.2) is 140 Å². The van der Waals surface area contributed by atoms with Crippen LogP contribution in [-0.2, 0) is 15.3 Å². The predicted octanol–water partition coefficient (Wildman–Crippen LogP) is 10.3. The van der Waals surface area contributed by atoms with Gasteiger partial charge in [-0.15, -0.1) is 6.58 Å². The molecule has 0 fully saturated rings. The van der Waals surface area contributed by atoms with Crippen molar-refractivity contribution in [3.8, 4) is 5.75 Å². The quantitative estimate of drug-likeness (QED) is 0.143. The minimum atomic E-state index is -0.610. The number of Topliss-reactive ketones (excluding diaryl/α,β-unsaturated/α-hetero) is 1. The van der Waals surface area contributed by atoms with E-state index in [-0.39, 0.29) is 7.21 Å². The third kappa shape index (κ3) is 28.6. The standard InChI is InChI=1S/C9H12O2.C9H12.C6H6O.C6H6.C3H6O.C3H6.O2/c1-9(2,11-10)8-6-4-3-5-7-8;1-8(2)9-6-4-3-5-7-9;7-6-4-2-1-3-5-6;1-2-4-6-5-3-1;1-3(2)4;1-3-2;1-2/h3-7,10H,1-2H3;3-8H,1-2H3;1-5,7H;1-6H;1-2H3;3H,1H2,2H3;/p+1. The first-order valence-electron chi connectivity index (χ1n) is 13.4. The zero-order valence-electron chi connectivity index (χ0n) is 27.0. The lowest BCUT2D eigenvalue weighted by Crippen LogP contribution is -2.19. The Morgan fingerprint density at radius 1 is 0.738 bits per heavy atom. The Kier molecular flexibility index (Phi) is 29.6. The third-order valence-corrected chi connectivity index (χ3v) is 4.59. The van der Waals surface area contributed by atoms with Crippen molar-refractivity contribution < 1.29 is 21.5 Å². The molecular formula is C36H49O6+. The summed E-state index contributed by atoms with van der Waals surface area (Å²) in [4.78, 5) is 27.8. The van der Waals surface area contributed by atoms with Crippen LogP contribution in [0.4, 0.5) is 0 Å². The van der Waals surface area contributed by atoms with Crippen molar-refractivity contribution in [1.82, 2.24) is 0 Å². The van der Waals surface area contributed by atoms with Gasteiger partial charge in [-0.2, -0.15) is 0 Å². The molecule has 6 nitrogen and oxygen atoms in total. The van der Waals surface area contributed by atoms with E-state index < -0.39 is 5.60 Å². The number of hydrogen-bond acceptors (Lipinski definition) is 6. The molecule has 0 saturated heterocycles. The molecule has 4 rings (SSSR count). The van der Waals surface area contributed by atoms with Gasteiger partial charge < -0.3 is 9.90 Å². The molecule has 0 spiro atoms. The van der Waals surface area contributed by atoms with E-state index >= 15 is 0 Å². The van der Waals surface area contributed by atoms with E-state index in [1.165, 1.54) is 19.4 Å². The zero-order chi connectivity index (χ0) is 32.7. The van der Waals surface area contributed by atoms with E-state index in [1.807, 2.05) is 99.6 Å². The molecule has 0 atom stereocenters. The Bertz CT molecular complexity index is 1080. The number of rotatable bonds is 3. The van der Waals surface area contributed by atoms with E-state index in [4.69, 9.17) is 20.3 Å². The largest absolute Gasteiger partial charge is 1.00 e. The maximum Gasteiger partial charge on any atom is 1.00 e. The predicted molar refractivity (Wildman–Crippen MR) is 178 cm³/mol. The molecule has 0 bridgehead atoms. The number of ketones is 1. The molecule has 0 saturated carbocycles. The van der Waals surface area contributed by atoms with Gasteiger partial charge in [0.2, 0.25) is 0 Å². The van der Waals surface area contributed by atoms with E-state index in [1.54, 1.807) is 30.3 Å². The van der Waals surface area contributed by atoms with Crippen LogP contribution in [0.25, 0.3) is 0 Å². The van der Waals surface area contributed by atoms with Crippen molar-refractivity contribution in [2.24, 2.45) is 0 Å². The SMILES string of the molecule is C=CC.CC(C)(OO)c1ccccc1.CC(C)=O.CC(C)c1ccccc1.O=O.Oc1ccccc1.[H+].c1ccccc1. The molecule has 4 aromatic rings. The zero-order valence-corrected chi connectivity index (χ0v) is 26.0. The summed E-state index contributed by atoms with van der Waals surface area (Å²) in [5, 5.41) is 17.2. The first-order chi connectivity index (χ1) is 20.0. The topological polar surface area (TPSA) is 101 Å². The Morgan fingerprint density at radius 2 is 1.00 bits per heavy atom. The van der Waals surface area contributed by atoms with Crippen LogP contribution in [0.5, 0.6) is 5.75 Å². The number of phenols is 1. The van der Waals surface area contributed by atoms with Gasteiger partial charge in [0.1, 0.15) is 17.1 Å². The normalized spacial score (nSPS) is 8.79. The molecule has 0 aromatic heterocycles. The maximum atomic E-state index is 9.44. The molecule has 42 heavy (non-hydrogen) atoms. The lowest BCUT2D eigenvalue weighted by Gasteiger charge is -2.20. The molecule has 4 aromatic carbocycles. The fourth-order valence-electron chi connectivity index (χ4n) is 2.54. The Morgan fingerprint density at radius 3 is 1.21 bits per heavy atom. The number of carbonyl (C=O) groups is 1. The molecule has 6 heteroatoms. The fraction of sp³-hybridized carbons (Fsp3) is 0.250. The molecule has 0 aliphatic rings. The van der Waals surface area contributed by atoms with Gasteiger partial charge in [0, 0.05) is 9.93 Å². The minimum Gasteiger partial charge on any atom is -0.508 e. The highest BCUT2D eigenvalue weighted by Crippen LogP contribution is 2.22. The van der Waals surface area contributed by atoms with Crippen LogP contribution in [0.3, 0.4) is 0 Å². The Balaban J connectivity index is -0.000000218. The summed E-state index contributed by atoms with van der Waals surface area (Å²) in [5.74, 6) is 1.15. The summed E-state index contributed by atoms with van der Waals surface area (Å²) in [5.41, 5.74) is 1.77. The molecule has 2 N–H and O–H groups in total. The van der Waals surface area contributed by atoms with Gasteiger partial charge >= 0.3 is 1.43 Å². The molecular weight excluding hydrogens is 528 g/mol. The van der Waals surface area contributed by atoms with Gasteiger partial charge in [0.15, 0.2) is 0 Å². The van der Waals surface area contributed by atoms with Gasteiger partial charge in [-0.1, -0.05) is 135 Å². The maximum absolute atomic E-state index is 9.44. The third-order valence-electron chi connectivity index (χ3n) is 4.59. The summed E-state index contributed by atoms with van der Waals surface area (Å²) in [6.45, 7) is 16.3. The minimum absolute atomic E-state index is 0. The monoisotopic (exact) mass is 577 g/mol. The van der Waals surface area contributed by atoms with Crippen molar-refractivity contribution in [3.05, 3.63) is 161 Å². The molecule has 0 aliphatic heterocycles. The number of phenolic OH excluding ortho intramolecular Hbond substituents is 1. The first kappa shape index (κ1) is 42.1. The molecule has 0 radical (unpaired) electrons. The summed E-state index contributed by atoms with van der Waals surface area (Å²) < 4.78 is 0. The molecule has 0 heterocycles. The summed E-state index contributed by atoms with van der Waals surface area (Å²) in [6.07, 6.45) is 1.75. The summed E-state index contributed by atoms with van der Waals surface area (Å²) in [6, 6.07) is 40.8. The van der Waals surface area contributed by atoms with Gasteiger partial charge in [0.25, 0.3) is 0 Å². The molecule has 0 unspecified atom stereocenters. The van der Waals surface area contributed by atoms with Crippen LogP contribution in [0.1, 0.15) is 66.9 Å². The van der Waals surface area contributed by atoms with E-state index in [9.17, 15) is 4.79 Å².